The molecular formula is C23H20F5NO5. The summed E-state index contributed by atoms with van der Waals surface area (Å²) in [6.45, 7) is 4.84. The largest absolute Gasteiger partial charge is 0.573 e. The lowest BCUT2D eigenvalue weighted by Gasteiger charge is -2.11. The van der Waals surface area contributed by atoms with Crippen LogP contribution in [0.4, 0.5) is 22.0 Å². The van der Waals surface area contributed by atoms with Crippen molar-refractivity contribution in [2.45, 2.75) is 46.1 Å². The van der Waals surface area contributed by atoms with Gasteiger partial charge in [-0.1, -0.05) is 6.92 Å². The van der Waals surface area contributed by atoms with Crippen molar-refractivity contribution in [2.24, 2.45) is 0 Å². The summed E-state index contributed by atoms with van der Waals surface area (Å²) < 4.78 is 76.1. The molecule has 34 heavy (non-hydrogen) atoms. The first kappa shape index (κ1) is 25.0. The summed E-state index contributed by atoms with van der Waals surface area (Å²) in [4.78, 5) is 25.5. The normalized spacial score (nSPS) is 12.6. The van der Waals surface area contributed by atoms with Crippen molar-refractivity contribution in [3.05, 3.63) is 58.8 Å². The second-order valence-corrected chi connectivity index (χ2v) is 7.58. The Balaban J connectivity index is 2.11. The van der Waals surface area contributed by atoms with E-state index in [1.54, 1.807) is 13.8 Å². The van der Waals surface area contributed by atoms with Gasteiger partial charge in [0.15, 0.2) is 17.4 Å². The minimum atomic E-state index is -4.92. The predicted octanol–water partition coefficient (Wildman–Crippen LogP) is 5.40. The van der Waals surface area contributed by atoms with E-state index in [0.717, 1.165) is 34.9 Å². The Morgan fingerprint density at radius 3 is 2.32 bits per heavy atom. The Bertz CT molecular complexity index is 1250. The van der Waals surface area contributed by atoms with Gasteiger partial charge in [-0.3, -0.25) is 14.2 Å². The number of hydrogen-bond acceptors (Lipinski definition) is 5. The summed E-state index contributed by atoms with van der Waals surface area (Å²) in [5, 5.41) is 9.41. The Morgan fingerprint density at radius 1 is 1.15 bits per heavy atom. The number of carbonyl (C=O) groups excluding carboxylic acids is 2. The molecule has 0 spiro atoms. The van der Waals surface area contributed by atoms with Gasteiger partial charge >= 0.3 is 12.3 Å². The summed E-state index contributed by atoms with van der Waals surface area (Å²) >= 11 is 0. The number of ether oxygens (including phenoxy) is 2. The quantitative estimate of drug-likeness (QED) is 0.374. The summed E-state index contributed by atoms with van der Waals surface area (Å²) in [6, 6.07) is 4.68. The van der Waals surface area contributed by atoms with Crippen LogP contribution in [-0.4, -0.2) is 34.0 Å². The van der Waals surface area contributed by atoms with E-state index in [4.69, 9.17) is 4.74 Å². The fraction of sp³-hybridized carbons (Fsp3) is 0.304. The molecule has 11 heteroatoms. The fourth-order valence-corrected chi connectivity index (χ4v) is 3.46. The number of hydrogen-bond donors (Lipinski definition) is 1. The molecular weight excluding hydrogens is 465 g/mol. The zero-order valence-corrected chi connectivity index (χ0v) is 18.3. The van der Waals surface area contributed by atoms with Crippen molar-refractivity contribution < 1.29 is 46.1 Å². The van der Waals surface area contributed by atoms with Crippen LogP contribution in [0.3, 0.4) is 0 Å². The Labute approximate surface area is 190 Å². The lowest BCUT2D eigenvalue weighted by atomic mass is 10.1. The molecule has 1 aromatic heterocycles. The van der Waals surface area contributed by atoms with E-state index in [1.165, 1.54) is 6.92 Å². The molecule has 0 bridgehead atoms. The van der Waals surface area contributed by atoms with Crippen LogP contribution in [0, 0.1) is 18.6 Å². The molecule has 1 unspecified atom stereocenters. The molecule has 6 nitrogen and oxygen atoms in total. The van der Waals surface area contributed by atoms with Crippen molar-refractivity contribution in [2.75, 3.05) is 0 Å². The number of phenols is 1. The fourth-order valence-electron chi connectivity index (χ4n) is 3.46. The molecule has 0 amide bonds. The molecule has 0 aliphatic heterocycles. The summed E-state index contributed by atoms with van der Waals surface area (Å²) in [7, 11) is 0. The van der Waals surface area contributed by atoms with Crippen LogP contribution in [0.15, 0.2) is 30.3 Å². The van der Waals surface area contributed by atoms with Crippen molar-refractivity contribution in [1.29, 1.82) is 0 Å². The van der Waals surface area contributed by atoms with Gasteiger partial charge in [-0.25, -0.2) is 8.78 Å². The molecule has 1 N–H and O–H groups in total. The highest BCUT2D eigenvalue weighted by Crippen LogP contribution is 2.36. The average Bonchev–Trinajstić information content (AvgIpc) is 3.01. The van der Waals surface area contributed by atoms with Gasteiger partial charge in [0.2, 0.25) is 0 Å². The zero-order chi connectivity index (χ0) is 25.4. The lowest BCUT2D eigenvalue weighted by molar-refractivity contribution is -0.274. The van der Waals surface area contributed by atoms with Gasteiger partial charge in [-0.2, -0.15) is 0 Å². The number of phenolic OH excluding ortho intramolecular Hbond substituents is 1. The van der Waals surface area contributed by atoms with Crippen LogP contribution < -0.4 is 4.74 Å². The topological polar surface area (TPSA) is 77.8 Å². The highest BCUT2D eigenvalue weighted by molar-refractivity contribution is 6.05. The average molecular weight is 485 g/mol. The van der Waals surface area contributed by atoms with E-state index in [2.05, 4.69) is 4.74 Å². The highest BCUT2D eigenvalue weighted by Gasteiger charge is 2.31. The van der Waals surface area contributed by atoms with Crippen LogP contribution >= 0.6 is 0 Å². The van der Waals surface area contributed by atoms with Gasteiger partial charge in [0.25, 0.3) is 5.91 Å². The monoisotopic (exact) mass is 485 g/mol. The number of nitrogens with zero attached hydrogens (tertiary/aromatic N) is 1. The number of alkyl halides is 3. The van der Waals surface area contributed by atoms with Crippen molar-refractivity contribution in [1.82, 2.24) is 4.57 Å². The van der Waals surface area contributed by atoms with E-state index in [-0.39, 0.29) is 27.7 Å². The minimum absolute atomic E-state index is 0.00137. The van der Waals surface area contributed by atoms with Gasteiger partial charge in [0.05, 0.1) is 18.0 Å². The number of aromatic nitrogens is 1. The number of rotatable bonds is 6. The number of carbonyl (C=O) groups is 2. The standard InChI is InChI=1S/C23H20F5NO5/c1-4-11(2)33-18(30)9-15-12(3)29(17-10-16(24)21(31)20(25)19(15)17)22(32)13-5-7-14(8-6-13)34-23(26,27)28/h5-8,10-11,31H,4,9H2,1-3H3. The summed E-state index contributed by atoms with van der Waals surface area (Å²) in [5.41, 5.74) is -0.309. The van der Waals surface area contributed by atoms with Gasteiger partial charge in [0.1, 0.15) is 5.75 Å². The molecule has 2 aromatic carbocycles. The van der Waals surface area contributed by atoms with Crippen molar-refractivity contribution >= 4 is 22.8 Å². The number of aromatic hydroxyl groups is 1. The van der Waals surface area contributed by atoms with Crippen molar-refractivity contribution in [3.8, 4) is 11.5 Å². The van der Waals surface area contributed by atoms with E-state index >= 15 is 0 Å². The van der Waals surface area contributed by atoms with Crippen LogP contribution in [0.25, 0.3) is 10.9 Å². The number of fused-ring (bicyclic) bond motifs is 1. The van der Waals surface area contributed by atoms with Crippen LogP contribution in [0.2, 0.25) is 0 Å². The molecule has 3 aromatic rings. The molecule has 0 aliphatic rings. The zero-order valence-electron chi connectivity index (χ0n) is 18.3. The second-order valence-electron chi connectivity index (χ2n) is 7.58. The molecule has 182 valence electrons. The number of halogens is 5. The third-order valence-corrected chi connectivity index (χ3v) is 5.25. The first-order valence-corrected chi connectivity index (χ1v) is 10.1. The smallest absolute Gasteiger partial charge is 0.503 e. The predicted molar refractivity (Wildman–Crippen MR) is 111 cm³/mol. The molecule has 0 saturated carbocycles. The number of esters is 1. The lowest BCUT2D eigenvalue weighted by Crippen LogP contribution is -2.18. The molecule has 0 aliphatic carbocycles. The van der Waals surface area contributed by atoms with Gasteiger partial charge in [-0.05, 0) is 50.1 Å². The summed E-state index contributed by atoms with van der Waals surface area (Å²) in [6.07, 6.45) is -5.28. The van der Waals surface area contributed by atoms with Gasteiger partial charge in [-0.15, -0.1) is 13.2 Å². The summed E-state index contributed by atoms with van der Waals surface area (Å²) in [5.74, 6) is -6.08. The highest BCUT2D eigenvalue weighted by atomic mass is 19.4. The Kier molecular flexibility index (Phi) is 6.85. The third kappa shape index (κ3) is 4.97. The molecule has 0 fully saturated rings. The number of benzene rings is 2. The van der Waals surface area contributed by atoms with E-state index in [9.17, 15) is 36.6 Å². The maximum atomic E-state index is 14.9. The van der Waals surface area contributed by atoms with Gasteiger partial charge < -0.3 is 14.6 Å². The molecule has 3 rings (SSSR count). The van der Waals surface area contributed by atoms with E-state index in [1.807, 2.05) is 0 Å². The first-order valence-electron chi connectivity index (χ1n) is 10.1. The van der Waals surface area contributed by atoms with E-state index < -0.39 is 53.9 Å². The van der Waals surface area contributed by atoms with Crippen molar-refractivity contribution in [3.63, 3.8) is 0 Å². The maximum Gasteiger partial charge on any atom is 0.573 e. The molecule has 0 radical (unpaired) electrons. The molecule has 1 heterocycles. The first-order chi connectivity index (χ1) is 15.8. The SMILES string of the molecule is CCC(C)OC(=O)Cc1c(C)n(C(=O)c2ccc(OC(F)(F)F)cc2)c2cc(F)c(O)c(F)c12. The minimum Gasteiger partial charge on any atom is -0.503 e. The van der Waals surface area contributed by atoms with Gasteiger partial charge in [0, 0.05) is 22.7 Å². The Morgan fingerprint density at radius 2 is 1.76 bits per heavy atom. The third-order valence-electron chi connectivity index (χ3n) is 5.25. The van der Waals surface area contributed by atoms with Crippen LogP contribution in [0.1, 0.15) is 41.9 Å². The molecule has 0 saturated heterocycles. The molecule has 1 atom stereocenters. The van der Waals surface area contributed by atoms with E-state index in [0.29, 0.717) is 6.42 Å². The second kappa shape index (κ2) is 9.32. The van der Waals surface area contributed by atoms with Crippen LogP contribution in [-0.2, 0) is 16.0 Å². The van der Waals surface area contributed by atoms with Crippen LogP contribution in [0.5, 0.6) is 11.5 Å². The maximum absolute atomic E-state index is 14.9. The Hall–Kier alpha value is -3.63.